The van der Waals surface area contributed by atoms with Crippen LogP contribution in [-0.4, -0.2) is 35.6 Å². The predicted octanol–water partition coefficient (Wildman–Crippen LogP) is 1.42. The molecule has 0 amide bonds. The lowest BCUT2D eigenvalue weighted by Crippen LogP contribution is -2.31. The molecule has 0 spiro atoms. The lowest BCUT2D eigenvalue weighted by atomic mass is 10.1. The quantitative estimate of drug-likeness (QED) is 0.824. The van der Waals surface area contributed by atoms with Gasteiger partial charge < -0.3 is 10.2 Å². The summed E-state index contributed by atoms with van der Waals surface area (Å²) in [5, 5.41) is 4.14. The summed E-state index contributed by atoms with van der Waals surface area (Å²) in [6, 6.07) is 6.30. The van der Waals surface area contributed by atoms with Gasteiger partial charge in [-0.05, 0) is 31.9 Å². The Bertz CT molecular complexity index is 679. The summed E-state index contributed by atoms with van der Waals surface area (Å²) in [5.41, 5.74) is 1.69. The zero-order valence-corrected chi connectivity index (χ0v) is 11.9. The molecule has 20 heavy (non-hydrogen) atoms. The third-order valence-electron chi connectivity index (χ3n) is 3.94. The number of benzene rings is 1. The molecule has 2 aromatic rings. The summed E-state index contributed by atoms with van der Waals surface area (Å²) >= 11 is 0. The molecule has 2 heterocycles. The molecule has 3 rings (SSSR count). The van der Waals surface area contributed by atoms with E-state index in [1.807, 2.05) is 25.1 Å². The van der Waals surface area contributed by atoms with Crippen molar-refractivity contribution >= 4 is 16.9 Å². The number of aromatic nitrogens is 2. The Morgan fingerprint density at radius 2 is 2.20 bits per heavy atom. The van der Waals surface area contributed by atoms with Crippen molar-refractivity contribution in [2.45, 2.75) is 26.3 Å². The highest BCUT2D eigenvalue weighted by Gasteiger charge is 2.16. The van der Waals surface area contributed by atoms with Crippen LogP contribution in [0.1, 0.15) is 18.9 Å². The van der Waals surface area contributed by atoms with Crippen molar-refractivity contribution in [3.05, 3.63) is 34.1 Å². The molecule has 5 heteroatoms. The maximum Gasteiger partial charge on any atom is 0.260 e. The molecular weight excluding hydrogens is 252 g/mol. The van der Waals surface area contributed by atoms with Gasteiger partial charge in [0.2, 0.25) is 5.95 Å². The van der Waals surface area contributed by atoms with Crippen LogP contribution in [0.4, 0.5) is 5.95 Å². The number of H-pyrrole nitrogens is 1. The summed E-state index contributed by atoms with van der Waals surface area (Å²) in [6.45, 7) is 6.82. The average molecular weight is 272 g/mol. The maximum atomic E-state index is 12.3. The first-order chi connectivity index (χ1) is 9.65. The van der Waals surface area contributed by atoms with Crippen LogP contribution in [0.5, 0.6) is 0 Å². The number of hydrogen-bond donors (Lipinski definition) is 2. The monoisotopic (exact) mass is 272 g/mol. The van der Waals surface area contributed by atoms with E-state index in [1.165, 1.54) is 0 Å². The summed E-state index contributed by atoms with van der Waals surface area (Å²) in [4.78, 5) is 22.0. The van der Waals surface area contributed by atoms with Crippen LogP contribution in [0.25, 0.3) is 10.9 Å². The van der Waals surface area contributed by atoms with Gasteiger partial charge in [0.05, 0.1) is 10.9 Å². The fourth-order valence-electron chi connectivity index (χ4n) is 2.72. The van der Waals surface area contributed by atoms with E-state index in [0.29, 0.717) is 17.4 Å². The molecule has 1 aliphatic heterocycles. The fourth-order valence-corrected chi connectivity index (χ4v) is 2.72. The smallest absolute Gasteiger partial charge is 0.260 e. The fraction of sp³-hybridized carbons (Fsp3) is 0.467. The van der Waals surface area contributed by atoms with Gasteiger partial charge in [-0.1, -0.05) is 12.1 Å². The molecule has 1 aromatic heterocycles. The summed E-state index contributed by atoms with van der Waals surface area (Å²) in [5.74, 6) is 0.684. The zero-order valence-electron chi connectivity index (χ0n) is 11.9. The molecular formula is C15H20N4O. The molecule has 2 N–H and O–H groups in total. The number of aromatic amines is 1. The van der Waals surface area contributed by atoms with Crippen molar-refractivity contribution in [3.8, 4) is 0 Å². The number of nitrogens with zero attached hydrogens (tertiary/aromatic N) is 2. The SMILES string of the molecule is Cc1cccc2nc(N3CCNC(C)CC3)[nH]c(=O)c12. The molecule has 1 atom stereocenters. The minimum atomic E-state index is -0.0478. The molecule has 1 aromatic carbocycles. The van der Waals surface area contributed by atoms with Crippen LogP contribution in [0.3, 0.4) is 0 Å². The highest BCUT2D eigenvalue weighted by Crippen LogP contribution is 2.16. The highest BCUT2D eigenvalue weighted by molar-refractivity contribution is 5.81. The Morgan fingerprint density at radius 3 is 3.05 bits per heavy atom. The molecule has 0 saturated carbocycles. The van der Waals surface area contributed by atoms with Crippen LogP contribution in [0, 0.1) is 6.92 Å². The van der Waals surface area contributed by atoms with E-state index in [0.717, 1.165) is 37.1 Å². The van der Waals surface area contributed by atoms with Gasteiger partial charge in [-0.3, -0.25) is 9.78 Å². The molecule has 106 valence electrons. The molecule has 1 unspecified atom stereocenters. The molecule has 5 nitrogen and oxygen atoms in total. The molecule has 0 bridgehead atoms. The molecule has 0 radical (unpaired) electrons. The molecule has 1 aliphatic rings. The number of hydrogen-bond acceptors (Lipinski definition) is 4. The maximum absolute atomic E-state index is 12.3. The van der Waals surface area contributed by atoms with Gasteiger partial charge in [0.25, 0.3) is 5.56 Å². The highest BCUT2D eigenvalue weighted by atomic mass is 16.1. The Balaban J connectivity index is 2.02. The van der Waals surface area contributed by atoms with Crippen molar-refractivity contribution in [2.24, 2.45) is 0 Å². The van der Waals surface area contributed by atoms with E-state index >= 15 is 0 Å². The second kappa shape index (κ2) is 5.25. The summed E-state index contributed by atoms with van der Waals surface area (Å²) < 4.78 is 0. The third kappa shape index (κ3) is 2.41. The van der Waals surface area contributed by atoms with E-state index in [9.17, 15) is 4.79 Å². The normalized spacial score (nSPS) is 20.1. The second-order valence-corrected chi connectivity index (χ2v) is 5.49. The Labute approximate surface area is 118 Å². The minimum absolute atomic E-state index is 0.0478. The van der Waals surface area contributed by atoms with Crippen LogP contribution < -0.4 is 15.8 Å². The third-order valence-corrected chi connectivity index (χ3v) is 3.94. The first kappa shape index (κ1) is 13.1. The van der Waals surface area contributed by atoms with Gasteiger partial charge in [0, 0.05) is 25.7 Å². The van der Waals surface area contributed by atoms with E-state index in [1.54, 1.807) is 0 Å². The number of rotatable bonds is 1. The largest absolute Gasteiger partial charge is 0.341 e. The lowest BCUT2D eigenvalue weighted by Gasteiger charge is -2.20. The number of fused-ring (bicyclic) bond motifs is 1. The van der Waals surface area contributed by atoms with Crippen molar-refractivity contribution in [3.63, 3.8) is 0 Å². The van der Waals surface area contributed by atoms with Crippen LogP contribution in [-0.2, 0) is 0 Å². The first-order valence-corrected chi connectivity index (χ1v) is 7.13. The average Bonchev–Trinajstić information content (AvgIpc) is 2.63. The van der Waals surface area contributed by atoms with Crippen LogP contribution in [0.2, 0.25) is 0 Å². The number of aryl methyl sites for hydroxylation is 1. The predicted molar refractivity (Wildman–Crippen MR) is 81.4 cm³/mol. The van der Waals surface area contributed by atoms with Crippen molar-refractivity contribution in [2.75, 3.05) is 24.5 Å². The lowest BCUT2D eigenvalue weighted by molar-refractivity contribution is 0.566. The minimum Gasteiger partial charge on any atom is -0.341 e. The van der Waals surface area contributed by atoms with Gasteiger partial charge in [-0.25, -0.2) is 4.98 Å². The summed E-state index contributed by atoms with van der Waals surface area (Å²) in [7, 11) is 0. The van der Waals surface area contributed by atoms with Gasteiger partial charge in [-0.15, -0.1) is 0 Å². The second-order valence-electron chi connectivity index (χ2n) is 5.49. The number of nitrogens with one attached hydrogen (secondary N) is 2. The Morgan fingerprint density at radius 1 is 1.35 bits per heavy atom. The Kier molecular flexibility index (Phi) is 3.44. The standard InChI is InChI=1S/C15H20N4O/c1-10-4-3-5-12-13(10)14(20)18-15(17-12)19-8-6-11(2)16-7-9-19/h3-5,11,16H,6-9H2,1-2H3,(H,17,18,20). The van der Waals surface area contributed by atoms with Crippen LogP contribution >= 0.6 is 0 Å². The molecule has 1 saturated heterocycles. The van der Waals surface area contributed by atoms with Gasteiger partial charge in [-0.2, -0.15) is 0 Å². The van der Waals surface area contributed by atoms with Gasteiger partial charge in [0.15, 0.2) is 0 Å². The molecule has 1 fully saturated rings. The molecule has 0 aliphatic carbocycles. The van der Waals surface area contributed by atoms with E-state index in [2.05, 4.69) is 27.1 Å². The van der Waals surface area contributed by atoms with Gasteiger partial charge >= 0.3 is 0 Å². The summed E-state index contributed by atoms with van der Waals surface area (Å²) in [6.07, 6.45) is 1.05. The van der Waals surface area contributed by atoms with Crippen LogP contribution in [0.15, 0.2) is 23.0 Å². The van der Waals surface area contributed by atoms with E-state index < -0.39 is 0 Å². The van der Waals surface area contributed by atoms with Crippen molar-refractivity contribution in [1.82, 2.24) is 15.3 Å². The van der Waals surface area contributed by atoms with Crippen molar-refractivity contribution in [1.29, 1.82) is 0 Å². The van der Waals surface area contributed by atoms with E-state index in [-0.39, 0.29) is 5.56 Å². The Hall–Kier alpha value is -1.88. The van der Waals surface area contributed by atoms with E-state index in [4.69, 9.17) is 0 Å². The van der Waals surface area contributed by atoms with Crippen molar-refractivity contribution < 1.29 is 0 Å². The first-order valence-electron chi connectivity index (χ1n) is 7.13. The van der Waals surface area contributed by atoms with Gasteiger partial charge in [0.1, 0.15) is 0 Å². The topological polar surface area (TPSA) is 61.0 Å². The number of anilines is 1. The zero-order chi connectivity index (χ0) is 14.1.